The lowest BCUT2D eigenvalue weighted by Gasteiger charge is -2.28. The molecule has 0 spiro atoms. The molecule has 0 saturated carbocycles. The molecule has 0 aliphatic carbocycles. The van der Waals surface area contributed by atoms with Gasteiger partial charge in [-0.25, -0.2) is 19.2 Å². The summed E-state index contributed by atoms with van der Waals surface area (Å²) in [6.07, 6.45) is -1.24. The van der Waals surface area contributed by atoms with Gasteiger partial charge in [-0.15, -0.1) is 0 Å². The Labute approximate surface area is 201 Å². The lowest BCUT2D eigenvalue weighted by molar-refractivity contribution is -0.162. The largest absolute Gasteiger partial charge is 0.467 e. The topological polar surface area (TPSA) is 175 Å². The molecule has 35 heavy (non-hydrogen) atoms. The molecule has 0 unspecified atom stereocenters. The van der Waals surface area contributed by atoms with Crippen LogP contribution in [0.5, 0.6) is 0 Å². The Bertz CT molecular complexity index is 1030. The molecule has 1 aromatic rings. The van der Waals surface area contributed by atoms with Crippen LogP contribution < -0.4 is 16.6 Å². The van der Waals surface area contributed by atoms with E-state index in [4.69, 9.17) is 14.3 Å². The molecular weight excluding hydrogens is 468 g/mol. The number of nitrogens with one attached hydrogen (secondary N) is 2. The van der Waals surface area contributed by atoms with E-state index in [1.54, 1.807) is 41.5 Å². The maximum absolute atomic E-state index is 12.5. The van der Waals surface area contributed by atoms with Gasteiger partial charge in [-0.1, -0.05) is 5.06 Å². The summed E-state index contributed by atoms with van der Waals surface area (Å²) in [4.78, 5) is 80.3. The third kappa shape index (κ3) is 10.00. The first-order valence-electron chi connectivity index (χ1n) is 10.5. The Morgan fingerprint density at radius 1 is 1.03 bits per heavy atom. The molecule has 0 bridgehead atoms. The van der Waals surface area contributed by atoms with Crippen molar-refractivity contribution in [3.05, 3.63) is 32.6 Å². The summed E-state index contributed by atoms with van der Waals surface area (Å²) in [5.41, 5.74) is -3.22. The lowest BCUT2D eigenvalue weighted by Crippen LogP contribution is -2.50. The molecule has 0 aliphatic heterocycles. The number of aromatic nitrogens is 2. The van der Waals surface area contributed by atoms with Crippen LogP contribution in [0.1, 0.15) is 47.1 Å². The Morgan fingerprint density at radius 3 is 2.00 bits per heavy atom. The van der Waals surface area contributed by atoms with E-state index in [9.17, 15) is 28.8 Å². The van der Waals surface area contributed by atoms with E-state index in [1.807, 2.05) is 4.98 Å². The number of amides is 3. The van der Waals surface area contributed by atoms with Crippen LogP contribution in [0.15, 0.2) is 15.8 Å². The molecule has 3 amide bonds. The van der Waals surface area contributed by atoms with Crippen LogP contribution in [-0.2, 0) is 35.2 Å². The Morgan fingerprint density at radius 2 is 1.54 bits per heavy atom. The van der Waals surface area contributed by atoms with Crippen LogP contribution in [-0.4, -0.2) is 69.6 Å². The number of carbonyl (C=O) groups is 4. The SMILES string of the molecule is COC(=O)[C@H](CON(C(=O)OC(C)(C)C)C(=O)OC(C)(C)C)NC(=O)Cn1cc(C)c(=O)[nH]c1=O. The summed E-state index contributed by atoms with van der Waals surface area (Å²) < 4.78 is 15.8. The molecular formula is C21H32N4O10. The monoisotopic (exact) mass is 500 g/mol. The van der Waals surface area contributed by atoms with E-state index in [0.717, 1.165) is 11.7 Å². The fourth-order valence-electron chi connectivity index (χ4n) is 2.38. The highest BCUT2D eigenvalue weighted by molar-refractivity contribution is 5.87. The summed E-state index contributed by atoms with van der Waals surface area (Å²) in [7, 11) is 1.05. The minimum atomic E-state index is -1.49. The average Bonchev–Trinajstić information content (AvgIpc) is 2.68. The van der Waals surface area contributed by atoms with Crippen LogP contribution in [0.4, 0.5) is 9.59 Å². The lowest BCUT2D eigenvalue weighted by atomic mass is 10.2. The second kappa shape index (κ2) is 11.6. The van der Waals surface area contributed by atoms with Crippen LogP contribution in [0.2, 0.25) is 0 Å². The minimum absolute atomic E-state index is 0.189. The third-order valence-electron chi connectivity index (χ3n) is 3.81. The number of carbonyl (C=O) groups excluding carboxylic acids is 4. The standard InChI is InChI=1S/C21H32N4O10/c1-12-9-24(17(29)23-15(12)27)10-14(26)22-13(16(28)32-8)11-33-25(18(30)34-20(2,3)4)19(31)35-21(5,6)7/h9,13H,10-11H2,1-8H3,(H,22,26)(H,23,27,29)/t13-/m0/s1. The molecule has 1 aromatic heterocycles. The van der Waals surface area contributed by atoms with Crippen molar-refractivity contribution in [3.63, 3.8) is 0 Å². The maximum atomic E-state index is 12.5. The van der Waals surface area contributed by atoms with Gasteiger partial charge in [-0.3, -0.25) is 24.0 Å². The van der Waals surface area contributed by atoms with Gasteiger partial charge in [0, 0.05) is 11.8 Å². The number of imide groups is 1. The zero-order chi connectivity index (χ0) is 27.1. The molecule has 0 saturated heterocycles. The van der Waals surface area contributed by atoms with E-state index >= 15 is 0 Å². The van der Waals surface area contributed by atoms with Gasteiger partial charge in [0.25, 0.3) is 5.56 Å². The summed E-state index contributed by atoms with van der Waals surface area (Å²) in [5, 5.41) is 2.47. The third-order valence-corrected chi connectivity index (χ3v) is 3.81. The normalized spacial score (nSPS) is 12.3. The van der Waals surface area contributed by atoms with Crippen molar-refractivity contribution in [2.24, 2.45) is 0 Å². The zero-order valence-electron chi connectivity index (χ0n) is 21.0. The summed E-state index contributed by atoms with van der Waals surface area (Å²) in [6.45, 7) is 9.56. The van der Waals surface area contributed by atoms with Gasteiger partial charge < -0.3 is 19.5 Å². The molecule has 1 rings (SSSR count). The summed E-state index contributed by atoms with van der Waals surface area (Å²) in [5.74, 6) is -1.78. The first kappa shape index (κ1) is 29.4. The van der Waals surface area contributed by atoms with Crippen molar-refractivity contribution in [2.45, 2.75) is 72.3 Å². The summed E-state index contributed by atoms with van der Waals surface area (Å²) in [6, 6.07) is -1.49. The van der Waals surface area contributed by atoms with Crippen molar-refractivity contribution in [2.75, 3.05) is 13.7 Å². The minimum Gasteiger partial charge on any atom is -0.467 e. The first-order valence-corrected chi connectivity index (χ1v) is 10.5. The number of ether oxygens (including phenoxy) is 3. The van der Waals surface area contributed by atoms with Crippen molar-refractivity contribution in [1.29, 1.82) is 0 Å². The predicted octanol–water partition coefficient (Wildman–Crippen LogP) is 0.607. The first-order chi connectivity index (χ1) is 15.9. The number of hydroxylamine groups is 2. The fourth-order valence-corrected chi connectivity index (χ4v) is 2.38. The van der Waals surface area contributed by atoms with Crippen molar-refractivity contribution in [1.82, 2.24) is 19.9 Å². The van der Waals surface area contributed by atoms with Crippen LogP contribution in [0.25, 0.3) is 0 Å². The smallest absolute Gasteiger partial charge is 0.444 e. The number of hydrogen-bond acceptors (Lipinski definition) is 10. The number of aryl methyl sites for hydroxylation is 1. The highest BCUT2D eigenvalue weighted by Gasteiger charge is 2.34. The van der Waals surface area contributed by atoms with E-state index in [2.05, 4.69) is 10.1 Å². The molecule has 2 N–H and O–H groups in total. The Balaban J connectivity index is 3.04. The average molecular weight is 501 g/mol. The van der Waals surface area contributed by atoms with Crippen molar-refractivity contribution in [3.8, 4) is 0 Å². The molecule has 14 heteroatoms. The number of hydrogen-bond donors (Lipinski definition) is 2. The molecule has 0 aromatic carbocycles. The van der Waals surface area contributed by atoms with Gasteiger partial charge in [0.15, 0.2) is 6.04 Å². The molecule has 0 aliphatic rings. The maximum Gasteiger partial charge on any atom is 0.444 e. The molecule has 0 radical (unpaired) electrons. The highest BCUT2D eigenvalue weighted by Crippen LogP contribution is 2.15. The predicted molar refractivity (Wildman–Crippen MR) is 120 cm³/mol. The van der Waals surface area contributed by atoms with Gasteiger partial charge in [0.2, 0.25) is 5.91 Å². The van der Waals surface area contributed by atoms with Crippen LogP contribution >= 0.6 is 0 Å². The van der Waals surface area contributed by atoms with Gasteiger partial charge in [-0.05, 0) is 48.5 Å². The van der Waals surface area contributed by atoms with Crippen molar-refractivity contribution >= 4 is 24.1 Å². The second-order valence-electron chi connectivity index (χ2n) is 9.39. The molecule has 1 atom stereocenters. The summed E-state index contributed by atoms with van der Waals surface area (Å²) >= 11 is 0. The highest BCUT2D eigenvalue weighted by atomic mass is 16.8. The Kier molecular flexibility index (Phi) is 9.76. The molecule has 0 fully saturated rings. The zero-order valence-corrected chi connectivity index (χ0v) is 21.0. The van der Waals surface area contributed by atoms with Crippen LogP contribution in [0.3, 0.4) is 0 Å². The molecule has 1 heterocycles. The Hall–Kier alpha value is -3.68. The van der Waals surface area contributed by atoms with Gasteiger partial charge in [0.1, 0.15) is 24.4 Å². The number of methoxy groups -OCH3 is 1. The second-order valence-corrected chi connectivity index (χ2v) is 9.39. The van der Waals surface area contributed by atoms with Gasteiger partial charge >= 0.3 is 23.8 Å². The molecule has 196 valence electrons. The van der Waals surface area contributed by atoms with E-state index < -0.39 is 65.7 Å². The number of rotatable bonds is 7. The van der Waals surface area contributed by atoms with E-state index in [-0.39, 0.29) is 10.6 Å². The fraction of sp³-hybridized carbons (Fsp3) is 0.619. The van der Waals surface area contributed by atoms with Crippen LogP contribution in [0, 0.1) is 6.92 Å². The number of aromatic amines is 1. The number of H-pyrrole nitrogens is 1. The van der Waals surface area contributed by atoms with E-state index in [0.29, 0.717) is 0 Å². The quantitative estimate of drug-likeness (QED) is 0.306. The molecule has 14 nitrogen and oxygen atoms in total. The van der Waals surface area contributed by atoms with Gasteiger partial charge in [0.05, 0.1) is 7.11 Å². The number of esters is 1. The van der Waals surface area contributed by atoms with Crippen molar-refractivity contribution < 1.29 is 38.2 Å². The number of nitrogens with zero attached hydrogens (tertiary/aromatic N) is 2. The van der Waals surface area contributed by atoms with Gasteiger partial charge in [-0.2, -0.15) is 0 Å². The van der Waals surface area contributed by atoms with E-state index in [1.165, 1.54) is 13.1 Å².